The van der Waals surface area contributed by atoms with Crippen LogP contribution in [0, 0.1) is 0 Å². The maximum atomic E-state index is 11.4. The summed E-state index contributed by atoms with van der Waals surface area (Å²) in [5, 5.41) is 27.6. The standard InChI is InChI=1S/C7H11FO5/c1-3-5(9)7(11)6(10)4(13-3)2-12-8/h4-7,9-11H,1-2H2. The van der Waals surface area contributed by atoms with E-state index in [1.807, 2.05) is 0 Å². The van der Waals surface area contributed by atoms with Gasteiger partial charge in [0.25, 0.3) is 0 Å². The second-order valence-corrected chi connectivity index (χ2v) is 2.82. The number of aliphatic hydroxyl groups is 3. The molecule has 0 radical (unpaired) electrons. The molecule has 1 aliphatic heterocycles. The van der Waals surface area contributed by atoms with Crippen LogP contribution in [-0.2, 0) is 9.68 Å². The third-order valence-corrected chi connectivity index (χ3v) is 1.91. The molecule has 3 N–H and O–H groups in total. The number of halogens is 1. The van der Waals surface area contributed by atoms with Gasteiger partial charge in [-0.1, -0.05) is 6.58 Å². The predicted octanol–water partition coefficient (Wildman–Crippen LogP) is -1.12. The van der Waals surface area contributed by atoms with Crippen molar-refractivity contribution in [3.63, 3.8) is 0 Å². The Bertz CT molecular complexity index is 197. The molecule has 0 aromatic carbocycles. The second-order valence-electron chi connectivity index (χ2n) is 2.82. The zero-order valence-corrected chi connectivity index (χ0v) is 6.76. The molecule has 1 aliphatic rings. The number of rotatable bonds is 2. The van der Waals surface area contributed by atoms with Gasteiger partial charge in [0, 0.05) is 0 Å². The first kappa shape index (κ1) is 10.4. The molecule has 76 valence electrons. The van der Waals surface area contributed by atoms with Crippen LogP contribution in [0.25, 0.3) is 0 Å². The highest BCUT2D eigenvalue weighted by Gasteiger charge is 2.40. The van der Waals surface area contributed by atoms with Crippen molar-refractivity contribution < 1.29 is 29.5 Å². The Morgan fingerprint density at radius 2 is 2.00 bits per heavy atom. The predicted molar refractivity (Wildman–Crippen MR) is 39.1 cm³/mol. The number of hydrogen-bond acceptors (Lipinski definition) is 5. The van der Waals surface area contributed by atoms with Crippen molar-refractivity contribution in [1.82, 2.24) is 0 Å². The third-order valence-electron chi connectivity index (χ3n) is 1.91. The molecule has 13 heavy (non-hydrogen) atoms. The molecule has 1 saturated heterocycles. The summed E-state index contributed by atoms with van der Waals surface area (Å²) in [6, 6.07) is 0. The molecule has 0 saturated carbocycles. The zero-order chi connectivity index (χ0) is 10.0. The lowest BCUT2D eigenvalue weighted by Crippen LogP contribution is -2.52. The molecule has 0 aliphatic carbocycles. The van der Waals surface area contributed by atoms with E-state index in [9.17, 15) is 14.7 Å². The van der Waals surface area contributed by atoms with Gasteiger partial charge in [-0.05, 0) is 4.53 Å². The normalized spacial score (nSPS) is 40.2. The van der Waals surface area contributed by atoms with Crippen molar-refractivity contribution in [3.05, 3.63) is 12.3 Å². The van der Waals surface area contributed by atoms with Gasteiger partial charge in [-0.25, -0.2) is 0 Å². The first-order chi connectivity index (χ1) is 6.07. The lowest BCUT2D eigenvalue weighted by atomic mass is 9.99. The molecule has 0 spiro atoms. The van der Waals surface area contributed by atoms with Crippen molar-refractivity contribution >= 4 is 0 Å². The van der Waals surface area contributed by atoms with Crippen molar-refractivity contribution in [2.24, 2.45) is 0 Å². The van der Waals surface area contributed by atoms with Crippen molar-refractivity contribution in [1.29, 1.82) is 0 Å². The Hall–Kier alpha value is -0.690. The number of hydrogen-bond donors (Lipinski definition) is 3. The van der Waals surface area contributed by atoms with Gasteiger partial charge in [0.2, 0.25) is 0 Å². The fourth-order valence-electron chi connectivity index (χ4n) is 1.13. The summed E-state index contributed by atoms with van der Waals surface area (Å²) in [7, 11) is 0. The van der Waals surface area contributed by atoms with Gasteiger partial charge < -0.3 is 20.1 Å². The lowest BCUT2D eigenvalue weighted by molar-refractivity contribution is -0.213. The summed E-state index contributed by atoms with van der Waals surface area (Å²) < 4.78 is 16.2. The van der Waals surface area contributed by atoms with E-state index in [-0.39, 0.29) is 5.76 Å². The molecule has 0 aromatic heterocycles. The Balaban J connectivity index is 2.64. The fourth-order valence-corrected chi connectivity index (χ4v) is 1.13. The lowest BCUT2D eigenvalue weighted by Gasteiger charge is -2.35. The molecule has 1 fully saturated rings. The first-order valence-electron chi connectivity index (χ1n) is 3.71. The minimum atomic E-state index is -1.43. The van der Waals surface area contributed by atoms with Crippen LogP contribution in [0.1, 0.15) is 0 Å². The SMILES string of the molecule is C=C1OC(COF)C(O)C(O)C1O. The molecule has 0 amide bonds. The van der Waals surface area contributed by atoms with Crippen LogP contribution in [0.4, 0.5) is 4.53 Å². The average Bonchev–Trinajstić information content (AvgIpc) is 2.11. The topological polar surface area (TPSA) is 79.2 Å². The van der Waals surface area contributed by atoms with E-state index in [4.69, 9.17) is 9.84 Å². The largest absolute Gasteiger partial charge is 0.487 e. The fraction of sp³-hybridized carbons (Fsp3) is 0.714. The summed E-state index contributed by atoms with van der Waals surface area (Å²) >= 11 is 0. The Morgan fingerprint density at radius 3 is 2.54 bits per heavy atom. The summed E-state index contributed by atoms with van der Waals surface area (Å²) in [6.07, 6.45) is -5.22. The van der Waals surface area contributed by atoms with Crippen LogP contribution in [0.3, 0.4) is 0 Å². The average molecular weight is 194 g/mol. The molecule has 4 unspecified atom stereocenters. The van der Waals surface area contributed by atoms with Crippen LogP contribution in [-0.4, -0.2) is 46.3 Å². The monoisotopic (exact) mass is 194 g/mol. The molecule has 5 nitrogen and oxygen atoms in total. The number of ether oxygens (including phenoxy) is 1. The van der Waals surface area contributed by atoms with Gasteiger partial charge in [-0.3, -0.25) is 0 Å². The summed E-state index contributed by atoms with van der Waals surface area (Å²) in [6.45, 7) is 2.77. The third kappa shape index (κ3) is 1.97. The van der Waals surface area contributed by atoms with E-state index in [0.717, 1.165) is 0 Å². The van der Waals surface area contributed by atoms with Gasteiger partial charge >= 0.3 is 0 Å². The van der Waals surface area contributed by atoms with Crippen molar-refractivity contribution in [2.45, 2.75) is 24.4 Å². The summed E-state index contributed by atoms with van der Waals surface area (Å²) in [5.74, 6) is -0.111. The maximum Gasteiger partial charge on any atom is 0.153 e. The van der Waals surface area contributed by atoms with Gasteiger partial charge in [0.15, 0.2) is 6.10 Å². The van der Waals surface area contributed by atoms with Crippen LogP contribution in [0.15, 0.2) is 12.3 Å². The molecular formula is C7H11FO5. The Kier molecular flexibility index (Phi) is 3.21. The molecule has 1 heterocycles. The van der Waals surface area contributed by atoms with Crippen LogP contribution in [0.2, 0.25) is 0 Å². The Labute approximate surface area is 73.9 Å². The number of aliphatic hydroxyl groups excluding tert-OH is 3. The molecule has 0 aromatic rings. The van der Waals surface area contributed by atoms with E-state index in [0.29, 0.717) is 0 Å². The van der Waals surface area contributed by atoms with Crippen LogP contribution in [0.5, 0.6) is 0 Å². The van der Waals surface area contributed by atoms with Gasteiger partial charge in [0.05, 0.1) is 0 Å². The molecular weight excluding hydrogens is 183 g/mol. The van der Waals surface area contributed by atoms with E-state index < -0.39 is 31.0 Å². The maximum absolute atomic E-state index is 11.4. The highest BCUT2D eigenvalue weighted by atomic mass is 19.3. The van der Waals surface area contributed by atoms with Crippen LogP contribution >= 0.6 is 0 Å². The second kappa shape index (κ2) is 4.01. The minimum absolute atomic E-state index is 0.111. The molecule has 0 bridgehead atoms. The zero-order valence-electron chi connectivity index (χ0n) is 6.76. The highest BCUT2D eigenvalue weighted by molar-refractivity contribution is 5.04. The van der Waals surface area contributed by atoms with Crippen LogP contribution < -0.4 is 0 Å². The van der Waals surface area contributed by atoms with Gasteiger partial charge in [-0.15, -0.1) is 0 Å². The summed E-state index contributed by atoms with van der Waals surface area (Å²) in [5.41, 5.74) is 0. The molecule has 6 heteroatoms. The molecule has 4 atom stereocenters. The highest BCUT2D eigenvalue weighted by Crippen LogP contribution is 2.22. The quantitative estimate of drug-likeness (QED) is 0.519. The first-order valence-corrected chi connectivity index (χ1v) is 3.71. The van der Waals surface area contributed by atoms with E-state index >= 15 is 0 Å². The van der Waals surface area contributed by atoms with Crippen molar-refractivity contribution in [3.8, 4) is 0 Å². The summed E-state index contributed by atoms with van der Waals surface area (Å²) in [4.78, 5) is 3.26. The van der Waals surface area contributed by atoms with Crippen molar-refractivity contribution in [2.75, 3.05) is 6.61 Å². The van der Waals surface area contributed by atoms with E-state index in [1.54, 1.807) is 0 Å². The molecule has 1 rings (SSSR count). The minimum Gasteiger partial charge on any atom is -0.487 e. The van der Waals surface area contributed by atoms with Gasteiger partial charge in [-0.2, -0.15) is 4.94 Å². The Morgan fingerprint density at radius 1 is 1.38 bits per heavy atom. The van der Waals surface area contributed by atoms with Gasteiger partial charge in [0.1, 0.15) is 30.7 Å². The van der Waals surface area contributed by atoms with E-state index in [1.165, 1.54) is 0 Å². The van der Waals surface area contributed by atoms with E-state index in [2.05, 4.69) is 11.5 Å². The smallest absolute Gasteiger partial charge is 0.153 e.